The Morgan fingerprint density at radius 1 is 1.37 bits per heavy atom. The molecule has 1 aromatic heterocycles. The van der Waals surface area contributed by atoms with E-state index in [9.17, 15) is 4.79 Å². The molecule has 0 atom stereocenters. The normalized spacial score (nSPS) is 10.4. The molecule has 0 aliphatic rings. The van der Waals surface area contributed by atoms with Crippen LogP contribution in [0.25, 0.3) is 5.69 Å². The molecule has 0 aliphatic carbocycles. The maximum Gasteiger partial charge on any atom is 0.220 e. The summed E-state index contributed by atoms with van der Waals surface area (Å²) in [5.41, 5.74) is 2.10. The number of hydrogen-bond acceptors (Lipinski definition) is 5. The fourth-order valence-electron chi connectivity index (χ4n) is 1.48. The lowest BCUT2D eigenvalue weighted by molar-refractivity contribution is -0.120. The number of thioether (sulfide) groups is 1. The number of aromatic nitrogens is 4. The predicted molar refractivity (Wildman–Crippen MR) is 73.3 cm³/mol. The smallest absolute Gasteiger partial charge is 0.220 e. The van der Waals surface area contributed by atoms with Gasteiger partial charge in [0, 0.05) is 19.2 Å². The van der Waals surface area contributed by atoms with Gasteiger partial charge in [0.15, 0.2) is 0 Å². The Labute approximate surface area is 115 Å². The lowest BCUT2D eigenvalue weighted by Gasteiger charge is -2.04. The molecule has 0 spiro atoms. The first-order chi connectivity index (χ1) is 9.20. The summed E-state index contributed by atoms with van der Waals surface area (Å²) in [6, 6.07) is 7.95. The third-order valence-electron chi connectivity index (χ3n) is 2.56. The van der Waals surface area contributed by atoms with Gasteiger partial charge in [-0.25, -0.2) is 0 Å². The molecule has 0 saturated carbocycles. The van der Waals surface area contributed by atoms with Gasteiger partial charge in [0.25, 0.3) is 0 Å². The van der Waals surface area contributed by atoms with E-state index in [1.807, 2.05) is 31.2 Å². The van der Waals surface area contributed by atoms with Crippen LogP contribution >= 0.6 is 11.8 Å². The molecule has 0 fully saturated rings. The Bertz CT molecular complexity index is 552. The van der Waals surface area contributed by atoms with E-state index in [0.29, 0.717) is 17.3 Å². The van der Waals surface area contributed by atoms with Crippen molar-refractivity contribution in [2.45, 2.75) is 18.5 Å². The second-order valence-electron chi connectivity index (χ2n) is 3.98. The number of carbonyl (C=O) groups excluding carboxylic acids is 1. The summed E-state index contributed by atoms with van der Waals surface area (Å²) in [4.78, 5) is 11.1. The topological polar surface area (TPSA) is 72.7 Å². The molecule has 100 valence electrons. The van der Waals surface area contributed by atoms with Gasteiger partial charge in [-0.2, -0.15) is 4.68 Å². The summed E-state index contributed by atoms with van der Waals surface area (Å²) in [5, 5.41) is 14.9. The molecule has 2 aromatic rings. The molecule has 1 amide bonds. The van der Waals surface area contributed by atoms with Gasteiger partial charge in [-0.05, 0) is 29.5 Å². The van der Waals surface area contributed by atoms with E-state index in [2.05, 4.69) is 20.8 Å². The van der Waals surface area contributed by atoms with Gasteiger partial charge >= 0.3 is 0 Å². The van der Waals surface area contributed by atoms with E-state index in [1.54, 1.807) is 11.7 Å². The van der Waals surface area contributed by atoms with Crippen molar-refractivity contribution in [3.63, 3.8) is 0 Å². The van der Waals surface area contributed by atoms with E-state index in [1.165, 1.54) is 17.3 Å². The number of carbonyl (C=O) groups is 1. The number of hydrogen-bond donors (Lipinski definition) is 1. The fraction of sp³-hybridized carbons (Fsp3) is 0.333. The van der Waals surface area contributed by atoms with Crippen LogP contribution in [0.4, 0.5) is 0 Å². The minimum atomic E-state index is 0.0156. The molecule has 2 rings (SSSR count). The van der Waals surface area contributed by atoms with Crippen molar-refractivity contribution < 1.29 is 4.79 Å². The highest BCUT2D eigenvalue weighted by Crippen LogP contribution is 2.18. The standard InChI is InChI=1S/C12H15N5OS/c1-9-3-5-10(6-4-9)17-12(14-15-16-17)19-8-7-11(18)13-2/h3-6H,7-8H2,1-2H3,(H,13,18). The van der Waals surface area contributed by atoms with Gasteiger partial charge < -0.3 is 5.32 Å². The first kappa shape index (κ1) is 13.5. The molecule has 7 heteroatoms. The van der Waals surface area contributed by atoms with Crippen LogP contribution in [0.3, 0.4) is 0 Å². The van der Waals surface area contributed by atoms with Crippen LogP contribution in [0.1, 0.15) is 12.0 Å². The van der Waals surface area contributed by atoms with Crippen LogP contribution < -0.4 is 5.32 Å². The number of amides is 1. The highest BCUT2D eigenvalue weighted by atomic mass is 32.2. The van der Waals surface area contributed by atoms with Crippen LogP contribution in [-0.4, -0.2) is 38.9 Å². The zero-order valence-corrected chi connectivity index (χ0v) is 11.6. The van der Waals surface area contributed by atoms with Gasteiger partial charge in [-0.1, -0.05) is 29.5 Å². The van der Waals surface area contributed by atoms with Crippen molar-refractivity contribution in [2.75, 3.05) is 12.8 Å². The number of nitrogens with zero attached hydrogens (tertiary/aromatic N) is 4. The molecular formula is C12H15N5OS. The van der Waals surface area contributed by atoms with E-state index in [0.717, 1.165) is 5.69 Å². The number of rotatable bonds is 5. The molecule has 0 radical (unpaired) electrons. The van der Waals surface area contributed by atoms with Crippen molar-refractivity contribution in [3.05, 3.63) is 29.8 Å². The van der Waals surface area contributed by atoms with Gasteiger partial charge in [-0.3, -0.25) is 4.79 Å². The Kier molecular flexibility index (Phi) is 4.51. The molecule has 6 nitrogen and oxygen atoms in total. The maximum atomic E-state index is 11.1. The van der Waals surface area contributed by atoms with Crippen molar-refractivity contribution in [1.82, 2.24) is 25.5 Å². The highest BCUT2D eigenvalue weighted by molar-refractivity contribution is 7.99. The Hall–Kier alpha value is -1.89. The van der Waals surface area contributed by atoms with Crippen LogP contribution in [0.2, 0.25) is 0 Å². The van der Waals surface area contributed by atoms with Crippen LogP contribution in [-0.2, 0) is 4.79 Å². The minimum Gasteiger partial charge on any atom is -0.359 e. The third-order valence-corrected chi connectivity index (χ3v) is 3.48. The van der Waals surface area contributed by atoms with Gasteiger partial charge in [0.1, 0.15) is 0 Å². The van der Waals surface area contributed by atoms with Gasteiger partial charge in [0.05, 0.1) is 5.69 Å². The molecular weight excluding hydrogens is 262 g/mol. The molecule has 1 N–H and O–H groups in total. The summed E-state index contributed by atoms with van der Waals surface area (Å²) in [5.74, 6) is 0.660. The van der Waals surface area contributed by atoms with Crippen LogP contribution in [0.5, 0.6) is 0 Å². The Morgan fingerprint density at radius 2 is 2.11 bits per heavy atom. The molecule has 0 bridgehead atoms. The van der Waals surface area contributed by atoms with E-state index < -0.39 is 0 Å². The monoisotopic (exact) mass is 277 g/mol. The molecule has 1 heterocycles. The van der Waals surface area contributed by atoms with E-state index in [4.69, 9.17) is 0 Å². The average Bonchev–Trinajstić information content (AvgIpc) is 2.88. The van der Waals surface area contributed by atoms with Crippen molar-refractivity contribution in [3.8, 4) is 5.69 Å². The lowest BCUT2D eigenvalue weighted by Crippen LogP contribution is -2.17. The second-order valence-corrected chi connectivity index (χ2v) is 5.04. The molecule has 1 aromatic carbocycles. The summed E-state index contributed by atoms with van der Waals surface area (Å²) in [6.07, 6.45) is 0.446. The Balaban J connectivity index is 2.05. The number of aryl methyl sites for hydroxylation is 1. The quantitative estimate of drug-likeness (QED) is 0.831. The van der Waals surface area contributed by atoms with Crippen molar-refractivity contribution in [2.24, 2.45) is 0 Å². The summed E-state index contributed by atoms with van der Waals surface area (Å²) >= 11 is 1.46. The van der Waals surface area contributed by atoms with Crippen LogP contribution in [0, 0.1) is 6.92 Å². The van der Waals surface area contributed by atoms with Crippen LogP contribution in [0.15, 0.2) is 29.4 Å². The van der Waals surface area contributed by atoms with Gasteiger partial charge in [0.2, 0.25) is 11.1 Å². The maximum absolute atomic E-state index is 11.1. The summed E-state index contributed by atoms with van der Waals surface area (Å²) < 4.78 is 1.67. The highest BCUT2D eigenvalue weighted by Gasteiger charge is 2.09. The zero-order chi connectivity index (χ0) is 13.7. The first-order valence-electron chi connectivity index (χ1n) is 5.89. The van der Waals surface area contributed by atoms with E-state index in [-0.39, 0.29) is 5.91 Å². The number of tetrazole rings is 1. The molecule has 19 heavy (non-hydrogen) atoms. The SMILES string of the molecule is CNC(=O)CCSc1nnnn1-c1ccc(C)cc1. The predicted octanol–water partition coefficient (Wildman–Crippen LogP) is 1.20. The summed E-state index contributed by atoms with van der Waals surface area (Å²) in [6.45, 7) is 2.03. The van der Waals surface area contributed by atoms with Gasteiger partial charge in [-0.15, -0.1) is 5.10 Å². The second kappa shape index (κ2) is 6.33. The fourth-order valence-corrected chi connectivity index (χ4v) is 2.31. The summed E-state index contributed by atoms with van der Waals surface area (Å²) in [7, 11) is 1.63. The largest absolute Gasteiger partial charge is 0.359 e. The van der Waals surface area contributed by atoms with E-state index >= 15 is 0 Å². The Morgan fingerprint density at radius 3 is 2.79 bits per heavy atom. The minimum absolute atomic E-state index is 0.0156. The molecule has 0 aliphatic heterocycles. The molecule has 0 saturated heterocycles. The lowest BCUT2D eigenvalue weighted by atomic mass is 10.2. The number of benzene rings is 1. The first-order valence-corrected chi connectivity index (χ1v) is 6.88. The number of nitrogens with one attached hydrogen (secondary N) is 1. The average molecular weight is 277 g/mol. The van der Waals surface area contributed by atoms with Crippen molar-refractivity contribution >= 4 is 17.7 Å². The van der Waals surface area contributed by atoms with Crippen molar-refractivity contribution in [1.29, 1.82) is 0 Å². The molecule has 0 unspecified atom stereocenters. The zero-order valence-electron chi connectivity index (χ0n) is 10.8. The third kappa shape index (κ3) is 3.54.